The van der Waals surface area contributed by atoms with E-state index in [1.165, 1.54) is 19.3 Å². The maximum Gasteiger partial charge on any atom is 0.360 e. The van der Waals surface area contributed by atoms with Gasteiger partial charge in [0.2, 0.25) is 5.84 Å². The Labute approximate surface area is 114 Å². The van der Waals surface area contributed by atoms with Crippen LogP contribution in [-0.2, 0) is 4.79 Å². The average molecular weight is 269 g/mol. The van der Waals surface area contributed by atoms with Crippen LogP contribution in [0.1, 0.15) is 45.4 Å². The fraction of sp³-hybridized carbons (Fsp3) is 0.714. The Hall–Kier alpha value is -1.20. The summed E-state index contributed by atoms with van der Waals surface area (Å²) in [5.74, 6) is 0.00614. The molecule has 0 radical (unpaired) electrons. The van der Waals surface area contributed by atoms with Gasteiger partial charge in [-0.05, 0) is 6.42 Å². The van der Waals surface area contributed by atoms with Gasteiger partial charge in [0.15, 0.2) is 6.54 Å². The minimum Gasteiger partial charge on any atom is -0.477 e. The standard InChI is InChI=1S/C14H24N2O3/c1-2-3-4-5-6-7-13-15-8-9-16(13,10-11-17)12-14(18)19/h8-9,17H,2-7,10-12H2,1H3/p+1. The molecular formula is C14H25N2O3+. The van der Waals surface area contributed by atoms with Crippen LogP contribution in [0.5, 0.6) is 0 Å². The molecular weight excluding hydrogens is 244 g/mol. The summed E-state index contributed by atoms with van der Waals surface area (Å²) < 4.78 is 0.180. The number of unbranched alkanes of at least 4 members (excludes halogenated alkanes) is 4. The van der Waals surface area contributed by atoms with Gasteiger partial charge in [0.05, 0.1) is 12.8 Å². The van der Waals surface area contributed by atoms with Crippen LogP contribution in [0, 0.1) is 0 Å². The summed E-state index contributed by atoms with van der Waals surface area (Å²) in [5.41, 5.74) is 0. The van der Waals surface area contributed by atoms with E-state index >= 15 is 0 Å². The number of aliphatic hydroxyl groups excluding tert-OH is 1. The maximum absolute atomic E-state index is 11.0. The fourth-order valence-corrected chi connectivity index (χ4v) is 2.47. The van der Waals surface area contributed by atoms with Gasteiger partial charge in [-0.25, -0.2) is 14.3 Å². The van der Waals surface area contributed by atoms with Gasteiger partial charge in [0.1, 0.15) is 12.7 Å². The Morgan fingerprint density at radius 1 is 1.32 bits per heavy atom. The van der Waals surface area contributed by atoms with Gasteiger partial charge >= 0.3 is 5.97 Å². The number of nitrogens with zero attached hydrogens (tertiary/aromatic N) is 2. The molecule has 0 aromatic rings. The molecule has 0 fully saturated rings. The highest BCUT2D eigenvalue weighted by molar-refractivity contribution is 5.81. The highest BCUT2D eigenvalue weighted by Gasteiger charge is 2.36. The summed E-state index contributed by atoms with van der Waals surface area (Å²) in [6.07, 6.45) is 10.1. The minimum atomic E-state index is -0.862. The summed E-state index contributed by atoms with van der Waals surface area (Å²) in [7, 11) is 0. The number of aliphatic imine (C=N–C) groups is 1. The topological polar surface area (TPSA) is 69.9 Å². The van der Waals surface area contributed by atoms with Crippen LogP contribution in [0.3, 0.4) is 0 Å². The molecule has 0 amide bonds. The molecule has 0 aromatic heterocycles. The van der Waals surface area contributed by atoms with Crippen molar-refractivity contribution in [3.63, 3.8) is 0 Å². The van der Waals surface area contributed by atoms with E-state index in [2.05, 4.69) is 11.9 Å². The van der Waals surface area contributed by atoms with Gasteiger partial charge in [0, 0.05) is 6.42 Å². The number of hydrogen-bond donors (Lipinski definition) is 2. The summed E-state index contributed by atoms with van der Waals surface area (Å²) in [6, 6.07) is 0. The van der Waals surface area contributed by atoms with E-state index in [4.69, 9.17) is 10.2 Å². The third-order valence-corrected chi connectivity index (χ3v) is 3.51. The van der Waals surface area contributed by atoms with E-state index in [0.29, 0.717) is 6.54 Å². The molecule has 1 rings (SSSR count). The smallest absolute Gasteiger partial charge is 0.360 e. The first-order valence-electron chi connectivity index (χ1n) is 7.09. The van der Waals surface area contributed by atoms with Crippen molar-refractivity contribution in [2.45, 2.75) is 45.4 Å². The monoisotopic (exact) mass is 269 g/mol. The first-order valence-corrected chi connectivity index (χ1v) is 7.09. The predicted octanol–water partition coefficient (Wildman–Crippen LogP) is 2.12. The van der Waals surface area contributed by atoms with Crippen LogP contribution in [0.2, 0.25) is 0 Å². The number of aliphatic hydroxyl groups is 1. The van der Waals surface area contributed by atoms with Crippen LogP contribution >= 0.6 is 0 Å². The molecule has 0 spiro atoms. The largest absolute Gasteiger partial charge is 0.477 e. The zero-order valence-corrected chi connectivity index (χ0v) is 11.7. The number of aliphatic carboxylic acids is 1. The van der Waals surface area contributed by atoms with E-state index in [1.54, 1.807) is 12.4 Å². The molecule has 19 heavy (non-hydrogen) atoms. The normalized spacial score (nSPS) is 21.7. The molecule has 5 heteroatoms. The van der Waals surface area contributed by atoms with Crippen molar-refractivity contribution in [2.75, 3.05) is 19.7 Å². The van der Waals surface area contributed by atoms with Gasteiger partial charge < -0.3 is 10.2 Å². The number of rotatable bonds is 10. The minimum absolute atomic E-state index is 0.0352. The summed E-state index contributed by atoms with van der Waals surface area (Å²) in [5, 5.41) is 18.2. The van der Waals surface area contributed by atoms with Gasteiger partial charge in [-0.15, -0.1) is 0 Å². The number of carboxylic acids is 1. The Bertz CT molecular complexity index is 353. The zero-order valence-electron chi connectivity index (χ0n) is 11.7. The molecule has 1 aliphatic heterocycles. The Morgan fingerprint density at radius 2 is 2.05 bits per heavy atom. The quantitative estimate of drug-likeness (QED) is 0.471. The molecule has 1 atom stereocenters. The molecule has 1 heterocycles. The van der Waals surface area contributed by atoms with E-state index in [9.17, 15) is 4.79 Å². The Kier molecular flexibility index (Phi) is 6.73. The lowest BCUT2D eigenvalue weighted by Gasteiger charge is -2.30. The lowest BCUT2D eigenvalue weighted by atomic mass is 10.1. The van der Waals surface area contributed by atoms with Crippen LogP contribution in [-0.4, -0.2) is 46.2 Å². The van der Waals surface area contributed by atoms with Crippen molar-refractivity contribution in [2.24, 2.45) is 4.99 Å². The van der Waals surface area contributed by atoms with Crippen molar-refractivity contribution >= 4 is 11.8 Å². The van der Waals surface area contributed by atoms with Gasteiger partial charge in [-0.3, -0.25) is 0 Å². The third kappa shape index (κ3) is 4.76. The van der Waals surface area contributed by atoms with E-state index in [1.807, 2.05) is 0 Å². The summed E-state index contributed by atoms with van der Waals surface area (Å²) >= 11 is 0. The molecule has 0 aliphatic carbocycles. The van der Waals surface area contributed by atoms with E-state index in [0.717, 1.165) is 25.1 Å². The number of carboxylic acid groups (broad SMARTS) is 1. The number of hydrogen-bond acceptors (Lipinski definition) is 3. The highest BCUT2D eigenvalue weighted by atomic mass is 16.4. The van der Waals surface area contributed by atoms with Crippen molar-refractivity contribution in [1.82, 2.24) is 0 Å². The number of amidine groups is 1. The number of carbonyl (C=O) groups is 1. The van der Waals surface area contributed by atoms with Crippen LogP contribution in [0.4, 0.5) is 0 Å². The second-order valence-electron chi connectivity index (χ2n) is 5.04. The maximum atomic E-state index is 11.0. The molecule has 0 saturated heterocycles. The fourth-order valence-electron chi connectivity index (χ4n) is 2.47. The SMILES string of the molecule is CCCCCCCC1=NC=C[N+]1(CCO)CC(=O)O. The van der Waals surface area contributed by atoms with Crippen molar-refractivity contribution < 1.29 is 19.5 Å². The lowest BCUT2D eigenvalue weighted by Crippen LogP contribution is -2.51. The first kappa shape index (κ1) is 15.9. The van der Waals surface area contributed by atoms with Crippen molar-refractivity contribution in [3.05, 3.63) is 12.4 Å². The molecule has 0 bridgehead atoms. The van der Waals surface area contributed by atoms with E-state index < -0.39 is 5.97 Å². The van der Waals surface area contributed by atoms with E-state index in [-0.39, 0.29) is 17.6 Å². The van der Waals surface area contributed by atoms with Gasteiger partial charge in [0.25, 0.3) is 0 Å². The Morgan fingerprint density at radius 3 is 2.68 bits per heavy atom. The third-order valence-electron chi connectivity index (χ3n) is 3.51. The van der Waals surface area contributed by atoms with Gasteiger partial charge in [-0.2, -0.15) is 0 Å². The average Bonchev–Trinajstić information content (AvgIpc) is 2.71. The molecule has 2 N–H and O–H groups in total. The highest BCUT2D eigenvalue weighted by Crippen LogP contribution is 2.21. The molecule has 1 aliphatic rings. The van der Waals surface area contributed by atoms with Crippen molar-refractivity contribution in [1.29, 1.82) is 0 Å². The molecule has 5 nitrogen and oxygen atoms in total. The van der Waals surface area contributed by atoms with Gasteiger partial charge in [-0.1, -0.05) is 32.6 Å². The summed E-state index contributed by atoms with van der Waals surface area (Å²) in [6.45, 7) is 2.49. The van der Waals surface area contributed by atoms with Crippen LogP contribution in [0.15, 0.2) is 17.4 Å². The first-order chi connectivity index (χ1) is 9.14. The van der Waals surface area contributed by atoms with Crippen molar-refractivity contribution in [3.8, 4) is 0 Å². The molecule has 0 saturated carbocycles. The Balaban J connectivity index is 2.52. The molecule has 0 aromatic carbocycles. The van der Waals surface area contributed by atoms with Crippen LogP contribution < -0.4 is 0 Å². The molecule has 108 valence electrons. The lowest BCUT2D eigenvalue weighted by molar-refractivity contribution is -0.780. The second kappa shape index (κ2) is 8.07. The zero-order chi connectivity index (χ0) is 14.1. The van der Waals surface area contributed by atoms with Crippen LogP contribution in [0.25, 0.3) is 0 Å². The predicted molar refractivity (Wildman–Crippen MR) is 74.7 cm³/mol. The second-order valence-corrected chi connectivity index (χ2v) is 5.04. The molecule has 1 unspecified atom stereocenters. The summed E-state index contributed by atoms with van der Waals surface area (Å²) in [4.78, 5) is 15.3. The number of quaternary nitrogens is 1.